The van der Waals surface area contributed by atoms with Gasteiger partial charge in [-0.1, -0.05) is 18.2 Å². The molecule has 1 heterocycles. The van der Waals surface area contributed by atoms with Gasteiger partial charge < -0.3 is 10.4 Å². The van der Waals surface area contributed by atoms with Crippen LogP contribution in [0.2, 0.25) is 0 Å². The van der Waals surface area contributed by atoms with Crippen LogP contribution in [0.1, 0.15) is 18.9 Å². The SMILES string of the molecule is CC1=C(SCC(=O)O)c2ccccc2NC(=O)C1. The summed E-state index contributed by atoms with van der Waals surface area (Å²) in [6.45, 7) is 1.87. The van der Waals surface area contributed by atoms with Crippen molar-refractivity contribution in [1.29, 1.82) is 0 Å². The van der Waals surface area contributed by atoms with Gasteiger partial charge in [0.1, 0.15) is 0 Å². The Balaban J connectivity index is 2.42. The van der Waals surface area contributed by atoms with Crippen LogP contribution in [-0.4, -0.2) is 22.7 Å². The molecule has 94 valence electrons. The van der Waals surface area contributed by atoms with Crippen LogP contribution in [0.3, 0.4) is 0 Å². The Bertz CT molecular complexity index is 537. The van der Waals surface area contributed by atoms with Gasteiger partial charge in [0.05, 0.1) is 5.75 Å². The lowest BCUT2D eigenvalue weighted by atomic mass is 10.1. The van der Waals surface area contributed by atoms with E-state index in [1.807, 2.05) is 31.2 Å². The Morgan fingerprint density at radius 2 is 2.17 bits per heavy atom. The second-order valence-corrected chi connectivity index (χ2v) is 5.05. The van der Waals surface area contributed by atoms with Crippen molar-refractivity contribution in [3.8, 4) is 0 Å². The number of hydrogen-bond donors (Lipinski definition) is 2. The molecule has 1 aliphatic heterocycles. The molecular weight excluding hydrogens is 250 g/mol. The van der Waals surface area contributed by atoms with Gasteiger partial charge in [-0.2, -0.15) is 0 Å². The Labute approximate surface area is 109 Å². The third kappa shape index (κ3) is 2.73. The fourth-order valence-electron chi connectivity index (χ4n) is 1.87. The second-order valence-electron chi connectivity index (χ2n) is 4.06. The van der Waals surface area contributed by atoms with Crippen molar-refractivity contribution < 1.29 is 14.7 Å². The predicted octanol–water partition coefficient (Wildman–Crippen LogP) is 2.58. The van der Waals surface area contributed by atoms with Crippen LogP contribution in [-0.2, 0) is 9.59 Å². The molecule has 0 saturated heterocycles. The molecule has 1 aromatic rings. The van der Waals surface area contributed by atoms with E-state index in [0.717, 1.165) is 21.7 Å². The maximum absolute atomic E-state index is 11.7. The van der Waals surface area contributed by atoms with Crippen molar-refractivity contribution in [1.82, 2.24) is 0 Å². The minimum atomic E-state index is -0.860. The Morgan fingerprint density at radius 1 is 1.44 bits per heavy atom. The predicted molar refractivity (Wildman–Crippen MR) is 72.4 cm³/mol. The number of benzene rings is 1. The number of para-hydroxylation sites is 1. The minimum Gasteiger partial charge on any atom is -0.481 e. The highest BCUT2D eigenvalue weighted by molar-refractivity contribution is 8.08. The molecule has 1 amide bonds. The zero-order chi connectivity index (χ0) is 13.1. The van der Waals surface area contributed by atoms with E-state index in [4.69, 9.17) is 5.11 Å². The molecule has 2 N–H and O–H groups in total. The molecule has 0 saturated carbocycles. The van der Waals surface area contributed by atoms with Gasteiger partial charge in [0.15, 0.2) is 0 Å². The van der Waals surface area contributed by atoms with E-state index in [9.17, 15) is 9.59 Å². The number of anilines is 1. The van der Waals surface area contributed by atoms with Crippen LogP contribution in [0.15, 0.2) is 29.8 Å². The molecule has 0 bridgehead atoms. The van der Waals surface area contributed by atoms with Crippen molar-refractivity contribution >= 4 is 34.2 Å². The van der Waals surface area contributed by atoms with E-state index in [2.05, 4.69) is 5.32 Å². The molecule has 18 heavy (non-hydrogen) atoms. The number of carboxylic acid groups (broad SMARTS) is 1. The van der Waals surface area contributed by atoms with E-state index in [0.29, 0.717) is 6.42 Å². The number of carbonyl (C=O) groups is 2. The lowest BCUT2D eigenvalue weighted by Crippen LogP contribution is -2.10. The number of rotatable bonds is 3. The van der Waals surface area contributed by atoms with Crippen LogP contribution in [0.25, 0.3) is 4.91 Å². The summed E-state index contributed by atoms with van der Waals surface area (Å²) in [5.41, 5.74) is 2.54. The number of nitrogens with one attached hydrogen (secondary N) is 1. The van der Waals surface area contributed by atoms with Gasteiger partial charge in [-0.25, -0.2) is 0 Å². The summed E-state index contributed by atoms with van der Waals surface area (Å²) >= 11 is 1.26. The topological polar surface area (TPSA) is 66.4 Å². The van der Waals surface area contributed by atoms with Gasteiger partial charge in [-0.3, -0.25) is 9.59 Å². The Morgan fingerprint density at radius 3 is 2.89 bits per heavy atom. The first kappa shape index (κ1) is 12.7. The molecule has 1 aromatic carbocycles. The molecular formula is C13H13NO3S. The maximum Gasteiger partial charge on any atom is 0.313 e. The molecule has 0 fully saturated rings. The summed E-state index contributed by atoms with van der Waals surface area (Å²) in [6.07, 6.45) is 0.302. The van der Waals surface area contributed by atoms with Gasteiger partial charge in [0.25, 0.3) is 0 Å². The summed E-state index contributed by atoms with van der Waals surface area (Å²) in [6, 6.07) is 7.45. The van der Waals surface area contributed by atoms with E-state index >= 15 is 0 Å². The van der Waals surface area contributed by atoms with Crippen LogP contribution in [0.5, 0.6) is 0 Å². The highest BCUT2D eigenvalue weighted by atomic mass is 32.2. The molecule has 0 atom stereocenters. The van der Waals surface area contributed by atoms with Crippen molar-refractivity contribution in [3.63, 3.8) is 0 Å². The van der Waals surface area contributed by atoms with Gasteiger partial charge in [0, 0.05) is 22.6 Å². The van der Waals surface area contributed by atoms with Gasteiger partial charge >= 0.3 is 5.97 Å². The first-order valence-corrected chi connectivity index (χ1v) is 6.50. The third-order valence-electron chi connectivity index (χ3n) is 2.60. The average Bonchev–Trinajstić information content (AvgIpc) is 2.41. The number of amides is 1. The number of thioether (sulfide) groups is 1. The summed E-state index contributed by atoms with van der Waals surface area (Å²) in [4.78, 5) is 23.2. The largest absolute Gasteiger partial charge is 0.481 e. The third-order valence-corrected chi connectivity index (χ3v) is 3.85. The second kappa shape index (κ2) is 5.27. The molecule has 0 radical (unpaired) electrons. The molecule has 0 aromatic heterocycles. The van der Waals surface area contributed by atoms with Crippen molar-refractivity contribution in [2.24, 2.45) is 0 Å². The molecule has 2 rings (SSSR count). The monoisotopic (exact) mass is 263 g/mol. The molecule has 0 spiro atoms. The number of aliphatic carboxylic acids is 1. The fourth-order valence-corrected chi connectivity index (χ4v) is 2.79. The first-order valence-electron chi connectivity index (χ1n) is 5.51. The smallest absolute Gasteiger partial charge is 0.313 e. The quantitative estimate of drug-likeness (QED) is 0.879. The molecule has 4 nitrogen and oxygen atoms in total. The van der Waals surface area contributed by atoms with Crippen LogP contribution in [0, 0.1) is 0 Å². The fraction of sp³-hybridized carbons (Fsp3) is 0.231. The zero-order valence-electron chi connectivity index (χ0n) is 9.90. The number of hydrogen-bond acceptors (Lipinski definition) is 3. The standard InChI is InChI=1S/C13H13NO3S/c1-8-6-11(15)14-10-5-3-2-4-9(10)13(8)18-7-12(16)17/h2-5H,6-7H2,1H3,(H,14,15)(H,16,17). The van der Waals surface area contributed by atoms with Crippen molar-refractivity contribution in [2.45, 2.75) is 13.3 Å². The lowest BCUT2D eigenvalue weighted by molar-refractivity contribution is -0.133. The highest BCUT2D eigenvalue weighted by Crippen LogP contribution is 2.38. The Kier molecular flexibility index (Phi) is 3.72. The summed E-state index contributed by atoms with van der Waals surface area (Å²) in [7, 11) is 0. The zero-order valence-corrected chi connectivity index (χ0v) is 10.7. The van der Waals surface area contributed by atoms with Gasteiger partial charge in [-0.05, 0) is 18.6 Å². The van der Waals surface area contributed by atoms with E-state index in [1.165, 1.54) is 11.8 Å². The van der Waals surface area contributed by atoms with E-state index in [-0.39, 0.29) is 11.7 Å². The van der Waals surface area contributed by atoms with Gasteiger partial charge in [0.2, 0.25) is 5.91 Å². The first-order chi connectivity index (χ1) is 8.58. The summed E-state index contributed by atoms with van der Waals surface area (Å²) in [5, 5.41) is 11.6. The minimum absolute atomic E-state index is 0.00476. The summed E-state index contributed by atoms with van der Waals surface area (Å²) < 4.78 is 0. The molecule has 5 heteroatoms. The highest BCUT2D eigenvalue weighted by Gasteiger charge is 2.19. The van der Waals surface area contributed by atoms with E-state index < -0.39 is 5.97 Å². The van der Waals surface area contributed by atoms with Gasteiger partial charge in [-0.15, -0.1) is 11.8 Å². The van der Waals surface area contributed by atoms with Crippen LogP contribution < -0.4 is 5.32 Å². The number of carbonyl (C=O) groups excluding carboxylic acids is 1. The summed E-state index contributed by atoms with van der Waals surface area (Å²) in [5.74, 6) is -0.929. The van der Waals surface area contributed by atoms with E-state index in [1.54, 1.807) is 0 Å². The maximum atomic E-state index is 11.7. The Hall–Kier alpha value is -1.75. The van der Waals surface area contributed by atoms with Crippen LogP contribution >= 0.6 is 11.8 Å². The molecule has 0 unspecified atom stereocenters. The number of fused-ring (bicyclic) bond motifs is 1. The number of carboxylic acids is 1. The molecule has 0 aliphatic carbocycles. The molecule has 1 aliphatic rings. The average molecular weight is 263 g/mol. The van der Waals surface area contributed by atoms with Crippen molar-refractivity contribution in [2.75, 3.05) is 11.1 Å². The normalized spacial score (nSPS) is 14.8. The lowest BCUT2D eigenvalue weighted by Gasteiger charge is -2.10. The van der Waals surface area contributed by atoms with Crippen molar-refractivity contribution in [3.05, 3.63) is 35.4 Å². The van der Waals surface area contributed by atoms with Crippen LogP contribution in [0.4, 0.5) is 5.69 Å².